The van der Waals surface area contributed by atoms with Gasteiger partial charge in [0.05, 0.1) is 19.8 Å². The molecule has 0 aliphatic heterocycles. The maximum absolute atomic E-state index is 11.8. The second-order valence-electron chi connectivity index (χ2n) is 4.08. The molecule has 1 rings (SSSR count). The summed E-state index contributed by atoms with van der Waals surface area (Å²) in [6, 6.07) is 0. The van der Waals surface area contributed by atoms with Gasteiger partial charge in [-0.3, -0.25) is 4.79 Å². The minimum absolute atomic E-state index is 0.0746. The Balaban J connectivity index is 3.59. The summed E-state index contributed by atoms with van der Waals surface area (Å²) in [5, 5.41) is 0. The fourth-order valence-electron chi connectivity index (χ4n) is 1.52. The second kappa shape index (κ2) is 6.55. The zero-order chi connectivity index (χ0) is 15.3. The molecule has 0 spiro atoms. The van der Waals surface area contributed by atoms with E-state index in [9.17, 15) is 14.4 Å². The van der Waals surface area contributed by atoms with Crippen LogP contribution >= 0.6 is 0 Å². The van der Waals surface area contributed by atoms with Crippen LogP contribution in [0.5, 0.6) is 0 Å². The summed E-state index contributed by atoms with van der Waals surface area (Å²) in [4.78, 5) is 39.2. The third kappa shape index (κ3) is 3.25. The van der Waals surface area contributed by atoms with Crippen molar-refractivity contribution in [1.29, 1.82) is 0 Å². The van der Waals surface area contributed by atoms with Crippen LogP contribution in [0.2, 0.25) is 0 Å². The topological polar surface area (TPSA) is 88.7 Å². The molecule has 0 radical (unpaired) electrons. The minimum Gasteiger partial charge on any atom is -0.465 e. The third-order valence-electron chi connectivity index (χ3n) is 2.47. The normalized spacial score (nSPS) is 10.4. The summed E-state index contributed by atoms with van der Waals surface area (Å²) in [5.41, 5.74) is -0.650. The van der Waals surface area contributed by atoms with Crippen molar-refractivity contribution in [2.45, 2.75) is 0 Å². The number of carbonyl (C=O) groups is 2. The SMILES string of the molecule is COC(=O)c1c[nH]c(=O)c(C(=O)OC)c1C=CN(C)C. The van der Waals surface area contributed by atoms with Crippen molar-refractivity contribution in [3.8, 4) is 0 Å². The summed E-state index contributed by atoms with van der Waals surface area (Å²) < 4.78 is 9.21. The molecule has 0 unspecified atom stereocenters. The maximum atomic E-state index is 11.8. The number of esters is 2. The summed E-state index contributed by atoms with van der Waals surface area (Å²) in [6.45, 7) is 0. The number of aromatic amines is 1. The molecule has 1 N–H and O–H groups in total. The Hall–Kier alpha value is -2.57. The first-order chi connectivity index (χ1) is 9.42. The van der Waals surface area contributed by atoms with Crippen LogP contribution in [-0.2, 0) is 9.47 Å². The first-order valence-electron chi connectivity index (χ1n) is 5.69. The number of hydrogen-bond donors (Lipinski definition) is 1. The average molecular weight is 280 g/mol. The van der Waals surface area contributed by atoms with E-state index in [1.54, 1.807) is 25.2 Å². The van der Waals surface area contributed by atoms with Crippen LogP contribution in [0.3, 0.4) is 0 Å². The lowest BCUT2D eigenvalue weighted by molar-refractivity contribution is 0.0596. The largest absolute Gasteiger partial charge is 0.465 e. The number of H-pyrrole nitrogens is 1. The molecule has 0 amide bonds. The van der Waals surface area contributed by atoms with Gasteiger partial charge in [-0.2, -0.15) is 0 Å². The lowest BCUT2D eigenvalue weighted by atomic mass is 10.0. The smallest absolute Gasteiger partial charge is 0.344 e. The van der Waals surface area contributed by atoms with Gasteiger partial charge in [-0.05, 0) is 12.3 Å². The van der Waals surface area contributed by atoms with E-state index in [0.717, 1.165) is 7.11 Å². The van der Waals surface area contributed by atoms with Gasteiger partial charge in [-0.15, -0.1) is 0 Å². The number of rotatable bonds is 4. The molecule has 0 saturated heterocycles. The number of pyridine rings is 1. The Labute approximate surface area is 115 Å². The quantitative estimate of drug-likeness (QED) is 0.807. The highest BCUT2D eigenvalue weighted by molar-refractivity contribution is 6.00. The number of hydrogen-bond acceptors (Lipinski definition) is 6. The van der Waals surface area contributed by atoms with E-state index in [-0.39, 0.29) is 16.7 Å². The lowest BCUT2D eigenvalue weighted by Crippen LogP contribution is -2.23. The fourth-order valence-corrected chi connectivity index (χ4v) is 1.52. The monoisotopic (exact) mass is 280 g/mol. The Morgan fingerprint density at radius 1 is 1.20 bits per heavy atom. The third-order valence-corrected chi connectivity index (χ3v) is 2.47. The molecule has 1 heterocycles. The predicted octanol–water partition coefficient (Wildman–Crippen LogP) is 0.480. The van der Waals surface area contributed by atoms with E-state index in [1.807, 2.05) is 0 Å². The van der Waals surface area contributed by atoms with Gasteiger partial charge in [0.1, 0.15) is 5.56 Å². The molecule has 0 aliphatic rings. The van der Waals surface area contributed by atoms with E-state index >= 15 is 0 Å². The molecule has 0 atom stereocenters. The zero-order valence-electron chi connectivity index (χ0n) is 11.7. The van der Waals surface area contributed by atoms with Crippen molar-refractivity contribution in [1.82, 2.24) is 9.88 Å². The van der Waals surface area contributed by atoms with Crippen LogP contribution in [0.4, 0.5) is 0 Å². The van der Waals surface area contributed by atoms with Gasteiger partial charge < -0.3 is 19.4 Å². The van der Waals surface area contributed by atoms with Crippen LogP contribution in [0.15, 0.2) is 17.2 Å². The minimum atomic E-state index is -0.824. The van der Waals surface area contributed by atoms with E-state index < -0.39 is 17.5 Å². The molecule has 1 aromatic heterocycles. The van der Waals surface area contributed by atoms with Gasteiger partial charge in [0.15, 0.2) is 0 Å². The number of nitrogens with zero attached hydrogens (tertiary/aromatic N) is 1. The number of ether oxygens (including phenoxy) is 2. The Kier molecular flexibility index (Phi) is 5.08. The molecule has 0 saturated carbocycles. The van der Waals surface area contributed by atoms with Gasteiger partial charge in [-0.25, -0.2) is 9.59 Å². The van der Waals surface area contributed by atoms with Crippen molar-refractivity contribution < 1.29 is 19.1 Å². The lowest BCUT2D eigenvalue weighted by Gasteiger charge is -2.10. The molecule has 0 aromatic carbocycles. The zero-order valence-corrected chi connectivity index (χ0v) is 11.7. The summed E-state index contributed by atoms with van der Waals surface area (Å²) >= 11 is 0. The standard InChI is InChI=1S/C13H16N2O5/c1-15(2)6-5-8-9(12(17)19-3)7-14-11(16)10(8)13(18)20-4/h5-7H,1-4H3,(H,14,16). The van der Waals surface area contributed by atoms with E-state index in [2.05, 4.69) is 14.5 Å². The Morgan fingerprint density at radius 2 is 1.80 bits per heavy atom. The van der Waals surface area contributed by atoms with Crippen molar-refractivity contribution in [3.63, 3.8) is 0 Å². The van der Waals surface area contributed by atoms with Crippen LogP contribution in [0, 0.1) is 0 Å². The Morgan fingerprint density at radius 3 is 2.30 bits per heavy atom. The molecule has 1 aromatic rings. The van der Waals surface area contributed by atoms with Gasteiger partial charge in [-0.1, -0.05) is 0 Å². The van der Waals surface area contributed by atoms with Crippen molar-refractivity contribution in [2.24, 2.45) is 0 Å². The molecular formula is C13H16N2O5. The fraction of sp³-hybridized carbons (Fsp3) is 0.308. The highest BCUT2D eigenvalue weighted by atomic mass is 16.5. The highest BCUT2D eigenvalue weighted by Crippen LogP contribution is 2.15. The molecule has 108 valence electrons. The molecule has 0 aliphatic carbocycles. The molecule has 7 heteroatoms. The van der Waals surface area contributed by atoms with Crippen LogP contribution < -0.4 is 5.56 Å². The second-order valence-corrected chi connectivity index (χ2v) is 4.08. The van der Waals surface area contributed by atoms with E-state index in [0.29, 0.717) is 0 Å². The predicted molar refractivity (Wildman–Crippen MR) is 72.5 cm³/mol. The van der Waals surface area contributed by atoms with Crippen LogP contribution in [-0.4, -0.2) is 50.1 Å². The van der Waals surface area contributed by atoms with E-state index in [4.69, 9.17) is 0 Å². The van der Waals surface area contributed by atoms with Gasteiger partial charge in [0.2, 0.25) is 0 Å². The van der Waals surface area contributed by atoms with Crippen molar-refractivity contribution >= 4 is 18.0 Å². The number of methoxy groups -OCH3 is 2. The summed E-state index contributed by atoms with van der Waals surface area (Å²) in [6.07, 6.45) is 4.29. The maximum Gasteiger partial charge on any atom is 0.344 e. The van der Waals surface area contributed by atoms with Crippen LogP contribution in [0.25, 0.3) is 6.08 Å². The van der Waals surface area contributed by atoms with E-state index in [1.165, 1.54) is 19.4 Å². The summed E-state index contributed by atoms with van der Waals surface area (Å²) in [5.74, 6) is -1.49. The van der Waals surface area contributed by atoms with Gasteiger partial charge in [0.25, 0.3) is 5.56 Å². The first-order valence-corrected chi connectivity index (χ1v) is 5.69. The Bertz CT molecular complexity index is 601. The molecule has 20 heavy (non-hydrogen) atoms. The number of carbonyl (C=O) groups excluding carboxylic acids is 2. The molecule has 0 bridgehead atoms. The average Bonchev–Trinajstić information content (AvgIpc) is 2.43. The number of aromatic nitrogens is 1. The first kappa shape index (κ1) is 15.5. The summed E-state index contributed by atoms with van der Waals surface area (Å²) in [7, 11) is 5.90. The molecule has 0 fully saturated rings. The molecule has 7 nitrogen and oxygen atoms in total. The van der Waals surface area contributed by atoms with Crippen molar-refractivity contribution in [2.75, 3.05) is 28.3 Å². The van der Waals surface area contributed by atoms with Crippen molar-refractivity contribution in [3.05, 3.63) is 39.4 Å². The molecular weight excluding hydrogens is 264 g/mol. The van der Waals surface area contributed by atoms with Gasteiger partial charge in [0, 0.05) is 25.9 Å². The van der Waals surface area contributed by atoms with Gasteiger partial charge >= 0.3 is 11.9 Å². The van der Waals surface area contributed by atoms with Crippen LogP contribution in [0.1, 0.15) is 26.3 Å². The number of nitrogens with one attached hydrogen (secondary N) is 1. The highest BCUT2D eigenvalue weighted by Gasteiger charge is 2.22.